The SMILES string of the molecule is CN(C)c1ccc(C(=O)N[C@H]2CCCN(c3cc(-c4ccccc4)[nH]n3)C2)cc1. The van der Waals surface area contributed by atoms with Crippen LogP contribution in [0.25, 0.3) is 11.3 Å². The molecule has 2 heterocycles. The minimum atomic E-state index is -0.0193. The maximum atomic E-state index is 12.7. The Hall–Kier alpha value is -3.28. The van der Waals surface area contributed by atoms with E-state index >= 15 is 0 Å². The normalized spacial score (nSPS) is 16.5. The summed E-state index contributed by atoms with van der Waals surface area (Å²) in [6.07, 6.45) is 2.01. The molecular weight excluding hydrogens is 362 g/mol. The van der Waals surface area contributed by atoms with Crippen molar-refractivity contribution in [3.05, 3.63) is 66.2 Å². The van der Waals surface area contributed by atoms with Crippen LogP contribution in [0.4, 0.5) is 11.5 Å². The van der Waals surface area contributed by atoms with Crippen molar-refractivity contribution in [2.24, 2.45) is 0 Å². The predicted molar refractivity (Wildman–Crippen MR) is 117 cm³/mol. The van der Waals surface area contributed by atoms with Gasteiger partial charge >= 0.3 is 0 Å². The molecule has 1 aliphatic heterocycles. The van der Waals surface area contributed by atoms with Crippen LogP contribution >= 0.6 is 0 Å². The molecule has 0 aliphatic carbocycles. The van der Waals surface area contributed by atoms with E-state index < -0.39 is 0 Å². The number of benzene rings is 2. The van der Waals surface area contributed by atoms with E-state index in [0.717, 1.165) is 48.7 Å². The molecule has 1 saturated heterocycles. The molecule has 1 aliphatic rings. The molecule has 29 heavy (non-hydrogen) atoms. The van der Waals surface area contributed by atoms with E-state index in [1.807, 2.05) is 61.5 Å². The number of piperidine rings is 1. The first-order valence-corrected chi connectivity index (χ1v) is 10.0. The molecule has 6 nitrogen and oxygen atoms in total. The minimum absolute atomic E-state index is 0.0193. The lowest BCUT2D eigenvalue weighted by atomic mass is 10.0. The Morgan fingerprint density at radius 2 is 1.90 bits per heavy atom. The summed E-state index contributed by atoms with van der Waals surface area (Å²) in [6, 6.07) is 20.1. The fourth-order valence-electron chi connectivity index (χ4n) is 3.72. The fraction of sp³-hybridized carbons (Fsp3) is 0.304. The van der Waals surface area contributed by atoms with Gasteiger partial charge in [-0.2, -0.15) is 5.10 Å². The van der Waals surface area contributed by atoms with Gasteiger partial charge in [0.2, 0.25) is 0 Å². The van der Waals surface area contributed by atoms with Crippen molar-refractivity contribution in [2.45, 2.75) is 18.9 Å². The monoisotopic (exact) mass is 389 g/mol. The predicted octanol–water partition coefficient (Wildman–Crippen LogP) is 3.54. The smallest absolute Gasteiger partial charge is 0.251 e. The largest absolute Gasteiger partial charge is 0.378 e. The van der Waals surface area contributed by atoms with Crippen molar-refractivity contribution in [1.82, 2.24) is 15.5 Å². The van der Waals surface area contributed by atoms with E-state index in [4.69, 9.17) is 0 Å². The van der Waals surface area contributed by atoms with Crippen LogP contribution in [0.2, 0.25) is 0 Å². The van der Waals surface area contributed by atoms with Gasteiger partial charge in [0.05, 0.1) is 5.69 Å². The molecule has 2 aromatic carbocycles. The average Bonchev–Trinajstić information content (AvgIpc) is 3.25. The van der Waals surface area contributed by atoms with Crippen LogP contribution in [-0.4, -0.2) is 49.3 Å². The van der Waals surface area contributed by atoms with Crippen LogP contribution in [0.5, 0.6) is 0 Å². The van der Waals surface area contributed by atoms with Crippen LogP contribution in [0.3, 0.4) is 0 Å². The number of H-pyrrole nitrogens is 1. The lowest BCUT2D eigenvalue weighted by molar-refractivity contribution is 0.0933. The number of carbonyl (C=O) groups is 1. The molecule has 6 heteroatoms. The average molecular weight is 390 g/mol. The number of aromatic nitrogens is 2. The molecule has 1 atom stereocenters. The molecule has 4 rings (SSSR count). The second-order valence-corrected chi connectivity index (χ2v) is 7.71. The van der Waals surface area contributed by atoms with Gasteiger partial charge in [0.25, 0.3) is 5.91 Å². The fourth-order valence-corrected chi connectivity index (χ4v) is 3.72. The van der Waals surface area contributed by atoms with Crippen molar-refractivity contribution < 1.29 is 4.79 Å². The zero-order valence-electron chi connectivity index (χ0n) is 16.9. The van der Waals surface area contributed by atoms with Gasteiger partial charge in [-0.05, 0) is 42.7 Å². The van der Waals surface area contributed by atoms with Gasteiger partial charge in [0.1, 0.15) is 0 Å². The maximum Gasteiger partial charge on any atom is 0.251 e. The lowest BCUT2D eigenvalue weighted by Crippen LogP contribution is -2.48. The van der Waals surface area contributed by atoms with E-state index in [0.29, 0.717) is 5.56 Å². The van der Waals surface area contributed by atoms with Crippen molar-refractivity contribution in [3.8, 4) is 11.3 Å². The molecule has 3 aromatic rings. The molecule has 0 radical (unpaired) electrons. The van der Waals surface area contributed by atoms with Crippen LogP contribution in [0, 0.1) is 0 Å². The van der Waals surface area contributed by atoms with E-state index in [1.165, 1.54) is 0 Å². The molecule has 1 aromatic heterocycles. The summed E-state index contributed by atoms with van der Waals surface area (Å²) in [5.74, 6) is 0.910. The zero-order chi connectivity index (χ0) is 20.2. The van der Waals surface area contributed by atoms with Crippen LogP contribution in [0.1, 0.15) is 23.2 Å². The second kappa shape index (κ2) is 8.39. The van der Waals surface area contributed by atoms with Gasteiger partial charge in [-0.15, -0.1) is 0 Å². The maximum absolute atomic E-state index is 12.7. The Bertz CT molecular complexity index is 949. The number of rotatable bonds is 5. The Morgan fingerprint density at radius 3 is 2.62 bits per heavy atom. The first kappa shape index (κ1) is 19.1. The Labute approximate surface area is 171 Å². The summed E-state index contributed by atoms with van der Waals surface area (Å²) in [7, 11) is 3.98. The third-order valence-electron chi connectivity index (χ3n) is 5.38. The summed E-state index contributed by atoms with van der Waals surface area (Å²) in [5, 5.41) is 10.8. The molecule has 0 unspecified atom stereocenters. The quantitative estimate of drug-likeness (QED) is 0.701. The summed E-state index contributed by atoms with van der Waals surface area (Å²) in [4.78, 5) is 16.9. The van der Waals surface area contributed by atoms with Crippen LogP contribution in [-0.2, 0) is 0 Å². The van der Waals surface area contributed by atoms with Crippen molar-refractivity contribution in [1.29, 1.82) is 0 Å². The summed E-state index contributed by atoms with van der Waals surface area (Å²) >= 11 is 0. The minimum Gasteiger partial charge on any atom is -0.378 e. The third kappa shape index (κ3) is 4.42. The summed E-state index contributed by atoms with van der Waals surface area (Å²) in [6.45, 7) is 1.71. The zero-order valence-corrected chi connectivity index (χ0v) is 16.9. The molecular formula is C23H27N5O. The van der Waals surface area contributed by atoms with E-state index in [9.17, 15) is 4.79 Å². The highest BCUT2D eigenvalue weighted by atomic mass is 16.1. The Morgan fingerprint density at radius 1 is 1.14 bits per heavy atom. The van der Waals surface area contributed by atoms with Gasteiger partial charge in [0, 0.05) is 50.5 Å². The lowest BCUT2D eigenvalue weighted by Gasteiger charge is -2.33. The summed E-state index contributed by atoms with van der Waals surface area (Å²) < 4.78 is 0. The van der Waals surface area contributed by atoms with Crippen molar-refractivity contribution in [2.75, 3.05) is 37.0 Å². The van der Waals surface area contributed by atoms with Crippen molar-refractivity contribution in [3.63, 3.8) is 0 Å². The number of hydrogen-bond donors (Lipinski definition) is 2. The molecule has 2 N–H and O–H groups in total. The first-order chi connectivity index (χ1) is 14.1. The number of anilines is 2. The summed E-state index contributed by atoms with van der Waals surface area (Å²) in [5.41, 5.74) is 3.90. The molecule has 0 bridgehead atoms. The number of nitrogens with one attached hydrogen (secondary N) is 2. The van der Waals surface area contributed by atoms with Gasteiger partial charge in [0.15, 0.2) is 5.82 Å². The second-order valence-electron chi connectivity index (χ2n) is 7.71. The topological polar surface area (TPSA) is 64.3 Å². The standard InChI is InChI=1S/C23H27N5O/c1-27(2)20-12-10-18(11-13-20)23(29)24-19-9-6-14-28(16-19)22-15-21(25-26-22)17-7-4-3-5-8-17/h3-5,7-8,10-13,15,19H,6,9,14,16H2,1-2H3,(H,24,29)(H,25,26)/t19-/m0/s1. The Balaban J connectivity index is 1.39. The van der Waals surface area contributed by atoms with Crippen molar-refractivity contribution >= 4 is 17.4 Å². The van der Waals surface area contributed by atoms with E-state index in [2.05, 4.69) is 38.6 Å². The highest BCUT2D eigenvalue weighted by molar-refractivity contribution is 5.94. The Kier molecular flexibility index (Phi) is 5.51. The van der Waals surface area contributed by atoms with Gasteiger partial charge in [-0.1, -0.05) is 30.3 Å². The highest BCUT2D eigenvalue weighted by Gasteiger charge is 2.23. The first-order valence-electron chi connectivity index (χ1n) is 10.0. The molecule has 0 spiro atoms. The molecule has 0 saturated carbocycles. The number of nitrogens with zero attached hydrogens (tertiary/aromatic N) is 3. The van der Waals surface area contributed by atoms with Gasteiger partial charge in [-0.25, -0.2) is 0 Å². The third-order valence-corrected chi connectivity index (χ3v) is 5.38. The molecule has 1 fully saturated rings. The van der Waals surface area contributed by atoms with E-state index in [1.54, 1.807) is 0 Å². The van der Waals surface area contributed by atoms with E-state index in [-0.39, 0.29) is 11.9 Å². The van der Waals surface area contributed by atoms with Crippen LogP contribution < -0.4 is 15.1 Å². The number of hydrogen-bond acceptors (Lipinski definition) is 4. The molecule has 150 valence electrons. The number of aromatic amines is 1. The van der Waals surface area contributed by atoms with Gasteiger partial charge < -0.3 is 15.1 Å². The number of amides is 1. The van der Waals surface area contributed by atoms with Gasteiger partial charge in [-0.3, -0.25) is 9.89 Å². The molecule has 1 amide bonds. The highest BCUT2D eigenvalue weighted by Crippen LogP contribution is 2.24. The van der Waals surface area contributed by atoms with Crippen LogP contribution in [0.15, 0.2) is 60.7 Å². The number of carbonyl (C=O) groups excluding carboxylic acids is 1.